The Morgan fingerprint density at radius 1 is 1.33 bits per heavy atom. The molecule has 0 aromatic carbocycles. The minimum absolute atomic E-state index is 1.07. The normalized spacial score (nSPS) is 16.2. The molecule has 0 radical (unpaired) electrons. The van der Waals surface area contributed by atoms with Crippen molar-refractivity contribution in [2.45, 2.75) is 0 Å². The highest BCUT2D eigenvalue weighted by atomic mass is 32.3. The van der Waals surface area contributed by atoms with Gasteiger partial charge >= 0.3 is 0 Å². The van der Waals surface area contributed by atoms with Gasteiger partial charge in [-0.05, 0) is 0 Å². The second kappa shape index (κ2) is 3.67. The number of rotatable bonds is 0. The second-order valence-corrected chi connectivity index (χ2v) is 2.84. The Kier molecular flexibility index (Phi) is 3.54. The third kappa shape index (κ3) is 2.65. The molecule has 2 N–H and O–H groups in total. The van der Waals surface area contributed by atoms with Crippen LogP contribution in [0.1, 0.15) is 0 Å². The standard InChI is InChI=1S/CH4N2O4S2/c2-3-1(8(4)5)9(6)7/h2H2,(H,4,5)(H,6,7)/p-2. The van der Waals surface area contributed by atoms with E-state index in [-0.39, 0.29) is 0 Å². The highest BCUT2D eigenvalue weighted by molar-refractivity contribution is 8.21. The van der Waals surface area contributed by atoms with E-state index in [0.29, 0.717) is 0 Å². The van der Waals surface area contributed by atoms with Gasteiger partial charge in [0.2, 0.25) is 0 Å². The molecule has 0 aliphatic heterocycles. The summed E-state index contributed by atoms with van der Waals surface area (Å²) in [5, 5.41) is 2.48. The highest BCUT2D eigenvalue weighted by Crippen LogP contribution is 1.84. The van der Waals surface area contributed by atoms with Gasteiger partial charge in [0.1, 0.15) is 0 Å². The van der Waals surface area contributed by atoms with E-state index >= 15 is 0 Å². The zero-order valence-electron chi connectivity index (χ0n) is 3.97. The lowest BCUT2D eigenvalue weighted by atomic mass is 11.7. The van der Waals surface area contributed by atoms with Gasteiger partial charge in [0.05, 0.1) is 0 Å². The van der Waals surface area contributed by atoms with Crippen LogP contribution >= 0.6 is 0 Å². The van der Waals surface area contributed by atoms with E-state index < -0.39 is 26.5 Å². The molecule has 0 aromatic rings. The average molecular weight is 170 g/mol. The van der Waals surface area contributed by atoms with Crippen LogP contribution in [0.5, 0.6) is 0 Å². The number of hydrazone groups is 1. The molecule has 0 fully saturated rings. The van der Waals surface area contributed by atoms with E-state index in [1.54, 1.807) is 0 Å². The summed E-state index contributed by atoms with van der Waals surface area (Å²) in [4.78, 5) is 0. The van der Waals surface area contributed by atoms with Gasteiger partial charge in [0.25, 0.3) is 0 Å². The quantitative estimate of drug-likeness (QED) is 0.148. The van der Waals surface area contributed by atoms with E-state index in [1.165, 1.54) is 0 Å². The van der Waals surface area contributed by atoms with Gasteiger partial charge in [-0.15, -0.1) is 0 Å². The van der Waals surface area contributed by atoms with Crippen LogP contribution in [0.25, 0.3) is 0 Å². The van der Waals surface area contributed by atoms with Crippen LogP contribution < -0.4 is 5.84 Å². The zero-order chi connectivity index (χ0) is 7.44. The lowest BCUT2D eigenvalue weighted by Gasteiger charge is -2.08. The summed E-state index contributed by atoms with van der Waals surface area (Å²) in [6.45, 7) is 0. The molecule has 0 saturated carbocycles. The van der Waals surface area contributed by atoms with Gasteiger partial charge in [0, 0.05) is 22.2 Å². The lowest BCUT2D eigenvalue weighted by molar-refractivity contribution is 0.543. The van der Waals surface area contributed by atoms with Crippen molar-refractivity contribution in [1.29, 1.82) is 0 Å². The summed E-state index contributed by atoms with van der Waals surface area (Å²) in [5.74, 6) is 4.38. The molecule has 0 spiro atoms. The summed E-state index contributed by atoms with van der Waals surface area (Å²) in [6, 6.07) is 0. The van der Waals surface area contributed by atoms with Crippen LogP contribution in [0.3, 0.4) is 0 Å². The number of hydrogen-bond acceptors (Lipinski definition) is 6. The summed E-state index contributed by atoms with van der Waals surface area (Å²) >= 11 is -5.74. The van der Waals surface area contributed by atoms with Gasteiger partial charge in [-0.25, -0.2) is 0 Å². The molecule has 9 heavy (non-hydrogen) atoms. The molecule has 0 saturated heterocycles. The van der Waals surface area contributed by atoms with E-state index in [9.17, 15) is 17.5 Å². The van der Waals surface area contributed by atoms with E-state index in [4.69, 9.17) is 0 Å². The maximum absolute atomic E-state index is 9.77. The zero-order valence-corrected chi connectivity index (χ0v) is 5.61. The van der Waals surface area contributed by atoms with Crippen LogP contribution in [0.15, 0.2) is 5.10 Å². The van der Waals surface area contributed by atoms with Crippen molar-refractivity contribution in [3.05, 3.63) is 0 Å². The first-order chi connectivity index (χ1) is 4.09. The van der Waals surface area contributed by atoms with Crippen LogP contribution in [-0.2, 0) is 22.2 Å². The monoisotopic (exact) mass is 170 g/mol. The van der Waals surface area contributed by atoms with Crippen molar-refractivity contribution >= 4 is 26.5 Å². The van der Waals surface area contributed by atoms with E-state index in [2.05, 4.69) is 10.9 Å². The predicted molar refractivity (Wildman–Crippen MR) is 29.5 cm³/mol. The molecular weight excluding hydrogens is 168 g/mol. The summed E-state index contributed by atoms with van der Waals surface area (Å²) < 4.78 is 38.0. The van der Waals surface area contributed by atoms with Gasteiger partial charge in [-0.2, -0.15) is 5.10 Å². The molecule has 0 amide bonds. The van der Waals surface area contributed by atoms with E-state index in [0.717, 1.165) is 0 Å². The average Bonchev–Trinajstić information content (AvgIpc) is 1.64. The first-order valence-corrected chi connectivity index (χ1v) is 3.71. The lowest BCUT2D eigenvalue weighted by Crippen LogP contribution is -2.14. The third-order valence-corrected chi connectivity index (χ3v) is 1.99. The summed E-state index contributed by atoms with van der Waals surface area (Å²) in [5.41, 5.74) is 0. The molecule has 0 aliphatic carbocycles. The molecule has 8 heteroatoms. The first-order valence-electron chi connectivity index (χ1n) is 1.56. The van der Waals surface area contributed by atoms with Crippen molar-refractivity contribution in [3.8, 4) is 0 Å². The molecule has 6 nitrogen and oxygen atoms in total. The molecule has 2 unspecified atom stereocenters. The Morgan fingerprint density at radius 2 is 1.67 bits per heavy atom. The van der Waals surface area contributed by atoms with Crippen molar-refractivity contribution in [3.63, 3.8) is 0 Å². The number of nitrogens with zero attached hydrogens (tertiary/aromatic N) is 1. The Balaban J connectivity index is 4.38. The van der Waals surface area contributed by atoms with Crippen LogP contribution in [0.2, 0.25) is 0 Å². The number of nitrogens with two attached hydrogens (primary N) is 1. The Labute approximate surface area is 55.7 Å². The van der Waals surface area contributed by atoms with Crippen LogP contribution in [0, 0.1) is 0 Å². The van der Waals surface area contributed by atoms with Gasteiger partial charge < -0.3 is 14.9 Å². The summed E-state index contributed by atoms with van der Waals surface area (Å²) in [6.07, 6.45) is 0. The van der Waals surface area contributed by atoms with E-state index in [1.807, 2.05) is 0 Å². The fourth-order valence-corrected chi connectivity index (χ4v) is 0.758. The fourth-order valence-electron chi connectivity index (χ4n) is 0.142. The second-order valence-electron chi connectivity index (χ2n) is 0.864. The van der Waals surface area contributed by atoms with Crippen molar-refractivity contribution in [2.24, 2.45) is 10.9 Å². The molecule has 54 valence electrons. The Hall–Kier alpha value is -0.310. The molecule has 0 aliphatic rings. The Bertz CT molecular complexity index is 159. The molecule has 0 aromatic heterocycles. The predicted octanol–water partition coefficient (Wildman–Crippen LogP) is -2.03. The topological polar surface area (TPSA) is 119 Å². The van der Waals surface area contributed by atoms with Gasteiger partial charge in [-0.1, -0.05) is 0 Å². The third-order valence-electron chi connectivity index (χ3n) is 0.391. The van der Waals surface area contributed by atoms with Crippen molar-refractivity contribution in [2.75, 3.05) is 0 Å². The minimum Gasteiger partial charge on any atom is -0.767 e. The molecule has 0 rings (SSSR count). The molecule has 0 heterocycles. The van der Waals surface area contributed by atoms with Gasteiger partial charge in [0.15, 0.2) is 4.38 Å². The maximum atomic E-state index is 9.77. The molecular formula is CH2N2O4S2-2. The summed E-state index contributed by atoms with van der Waals surface area (Å²) in [7, 11) is 0. The number of hydrogen-bond donors (Lipinski definition) is 1. The molecule has 2 atom stereocenters. The van der Waals surface area contributed by atoms with Crippen molar-refractivity contribution < 1.29 is 17.5 Å². The fraction of sp³-hybridized carbons (Fsp3) is 0. The van der Waals surface area contributed by atoms with Crippen LogP contribution in [-0.4, -0.2) is 21.9 Å². The maximum Gasteiger partial charge on any atom is 0.183 e. The largest absolute Gasteiger partial charge is 0.767 e. The van der Waals surface area contributed by atoms with Gasteiger partial charge in [-0.3, -0.25) is 8.42 Å². The van der Waals surface area contributed by atoms with Crippen molar-refractivity contribution in [1.82, 2.24) is 0 Å². The van der Waals surface area contributed by atoms with Crippen LogP contribution in [0.4, 0.5) is 0 Å². The minimum atomic E-state index is -2.87. The SMILES string of the molecule is NN=C(S(=O)[O-])S(=O)[O-]. The Morgan fingerprint density at radius 3 is 1.67 bits per heavy atom. The first kappa shape index (κ1) is 8.69. The highest BCUT2D eigenvalue weighted by Gasteiger charge is 1.96. The molecule has 0 bridgehead atoms. The smallest absolute Gasteiger partial charge is 0.183 e.